The van der Waals surface area contributed by atoms with E-state index in [2.05, 4.69) is 10.3 Å². The Morgan fingerprint density at radius 2 is 2.07 bits per heavy atom. The van der Waals surface area contributed by atoms with E-state index in [1.807, 2.05) is 36.2 Å². The molecule has 1 N–H and O–H groups in total. The molecule has 1 amide bonds. The Morgan fingerprint density at radius 1 is 1.25 bits per heavy atom. The van der Waals surface area contributed by atoms with E-state index in [0.717, 1.165) is 40.8 Å². The second-order valence-corrected chi connectivity index (χ2v) is 7.09. The van der Waals surface area contributed by atoms with Crippen LogP contribution >= 0.6 is 11.3 Å². The molecule has 0 saturated heterocycles. The zero-order valence-corrected chi connectivity index (χ0v) is 16.2. The van der Waals surface area contributed by atoms with Gasteiger partial charge in [-0.05, 0) is 42.9 Å². The second-order valence-electron chi connectivity index (χ2n) is 6.23. The van der Waals surface area contributed by atoms with Gasteiger partial charge in [0.15, 0.2) is 5.13 Å². The summed E-state index contributed by atoms with van der Waals surface area (Å²) in [6, 6.07) is 10.8. The number of hydrogen-bond acceptors (Lipinski definition) is 5. The van der Waals surface area contributed by atoms with Crippen molar-refractivity contribution in [1.82, 2.24) is 9.88 Å². The number of rotatable bonds is 7. The van der Waals surface area contributed by atoms with Gasteiger partial charge in [-0.1, -0.05) is 12.1 Å². The van der Waals surface area contributed by atoms with Gasteiger partial charge in [0, 0.05) is 17.5 Å². The molecule has 5 nitrogen and oxygen atoms in total. The van der Waals surface area contributed by atoms with Crippen LogP contribution in [0.2, 0.25) is 0 Å². The first-order chi connectivity index (χ1) is 13.4. The molecule has 8 heteroatoms. The molecule has 0 radical (unpaired) electrons. The first-order valence-corrected chi connectivity index (χ1v) is 9.35. The molecule has 0 atom stereocenters. The maximum Gasteiger partial charge on any atom is 0.240 e. The van der Waals surface area contributed by atoms with Crippen LogP contribution in [0.3, 0.4) is 0 Å². The molecule has 0 bridgehead atoms. The lowest BCUT2D eigenvalue weighted by molar-refractivity contribution is -0.117. The van der Waals surface area contributed by atoms with Gasteiger partial charge in [0.05, 0.1) is 19.3 Å². The van der Waals surface area contributed by atoms with Crippen molar-refractivity contribution in [3.8, 4) is 17.0 Å². The van der Waals surface area contributed by atoms with Crippen molar-refractivity contribution in [2.75, 3.05) is 26.0 Å². The van der Waals surface area contributed by atoms with Gasteiger partial charge in [0.25, 0.3) is 0 Å². The molecular formula is C20H19F2N3O2S. The number of nitrogens with one attached hydrogen (secondary N) is 1. The number of aromatic nitrogens is 1. The average molecular weight is 403 g/mol. The molecule has 0 aliphatic rings. The van der Waals surface area contributed by atoms with E-state index in [-0.39, 0.29) is 23.7 Å². The summed E-state index contributed by atoms with van der Waals surface area (Å²) in [6.07, 6.45) is 0. The third-order valence-electron chi connectivity index (χ3n) is 3.96. The van der Waals surface area contributed by atoms with Crippen LogP contribution in [0.5, 0.6) is 5.75 Å². The van der Waals surface area contributed by atoms with Crippen LogP contribution in [0.1, 0.15) is 5.56 Å². The number of halogens is 2. The van der Waals surface area contributed by atoms with Crippen LogP contribution in [0.15, 0.2) is 47.8 Å². The minimum Gasteiger partial charge on any atom is -0.497 e. The van der Waals surface area contributed by atoms with Crippen molar-refractivity contribution in [2.45, 2.75) is 6.54 Å². The van der Waals surface area contributed by atoms with E-state index in [9.17, 15) is 13.6 Å². The minimum absolute atomic E-state index is 0.0619. The summed E-state index contributed by atoms with van der Waals surface area (Å²) in [5.74, 6) is -0.599. The number of hydrogen-bond donors (Lipinski definition) is 1. The van der Waals surface area contributed by atoms with E-state index in [1.165, 1.54) is 0 Å². The highest BCUT2D eigenvalue weighted by molar-refractivity contribution is 7.14. The highest BCUT2D eigenvalue weighted by Crippen LogP contribution is 2.27. The number of likely N-dealkylation sites (N-methyl/N-ethyl adjacent to an activating group) is 1. The fourth-order valence-corrected chi connectivity index (χ4v) is 3.42. The molecule has 28 heavy (non-hydrogen) atoms. The molecule has 146 valence electrons. The number of carbonyl (C=O) groups is 1. The first kappa shape index (κ1) is 19.9. The number of thiazole rings is 1. The van der Waals surface area contributed by atoms with Gasteiger partial charge >= 0.3 is 0 Å². The predicted octanol–water partition coefficient (Wildman–Crippen LogP) is 4.17. The summed E-state index contributed by atoms with van der Waals surface area (Å²) in [5, 5.41) is 4.60. The Hall–Kier alpha value is -2.84. The summed E-state index contributed by atoms with van der Waals surface area (Å²) in [6.45, 7) is 0.725. The van der Waals surface area contributed by atoms with Crippen molar-refractivity contribution >= 4 is 22.4 Å². The molecule has 1 aromatic heterocycles. The fourth-order valence-electron chi connectivity index (χ4n) is 2.69. The summed E-state index contributed by atoms with van der Waals surface area (Å²) >= 11 is 1.16. The van der Waals surface area contributed by atoms with Crippen molar-refractivity contribution in [3.63, 3.8) is 0 Å². The minimum atomic E-state index is -0.567. The third-order valence-corrected chi connectivity index (χ3v) is 4.71. The quantitative estimate of drug-likeness (QED) is 0.643. The Kier molecular flexibility index (Phi) is 6.33. The lowest BCUT2D eigenvalue weighted by Crippen LogP contribution is -2.29. The molecule has 3 rings (SSSR count). The Bertz CT molecular complexity index is 978. The lowest BCUT2D eigenvalue weighted by atomic mass is 10.1. The number of anilines is 1. The fraction of sp³-hybridized carbons (Fsp3) is 0.200. The maximum atomic E-state index is 13.9. The molecule has 3 aromatic rings. The van der Waals surface area contributed by atoms with Crippen molar-refractivity contribution in [1.29, 1.82) is 0 Å². The van der Waals surface area contributed by atoms with Crippen LogP contribution in [-0.2, 0) is 11.3 Å². The summed E-state index contributed by atoms with van der Waals surface area (Å²) in [4.78, 5) is 18.3. The summed E-state index contributed by atoms with van der Waals surface area (Å²) in [7, 11) is 3.43. The molecule has 0 fully saturated rings. The smallest absolute Gasteiger partial charge is 0.240 e. The van der Waals surface area contributed by atoms with Gasteiger partial charge in [0.1, 0.15) is 17.4 Å². The number of ether oxygens (including phenoxy) is 1. The van der Waals surface area contributed by atoms with Crippen LogP contribution in [0.4, 0.5) is 13.9 Å². The van der Waals surface area contributed by atoms with Crippen LogP contribution in [-0.4, -0.2) is 36.5 Å². The first-order valence-electron chi connectivity index (χ1n) is 8.47. The molecule has 1 heterocycles. The number of methoxy groups -OCH3 is 1. The number of amides is 1. The van der Waals surface area contributed by atoms with Crippen LogP contribution < -0.4 is 10.1 Å². The van der Waals surface area contributed by atoms with E-state index in [1.54, 1.807) is 12.5 Å². The predicted molar refractivity (Wildman–Crippen MR) is 105 cm³/mol. The SMILES string of the molecule is COc1cccc(CN(C)CC(=O)Nc2nc(-c3cc(F)ccc3F)cs2)c1. The Balaban J connectivity index is 1.59. The van der Waals surface area contributed by atoms with Gasteiger partial charge in [-0.3, -0.25) is 9.69 Å². The lowest BCUT2D eigenvalue weighted by Gasteiger charge is -2.16. The van der Waals surface area contributed by atoms with Gasteiger partial charge in [-0.15, -0.1) is 11.3 Å². The number of nitrogens with zero attached hydrogens (tertiary/aromatic N) is 2. The highest BCUT2D eigenvalue weighted by atomic mass is 32.1. The van der Waals surface area contributed by atoms with E-state index < -0.39 is 11.6 Å². The van der Waals surface area contributed by atoms with E-state index in [0.29, 0.717) is 11.7 Å². The van der Waals surface area contributed by atoms with Crippen molar-refractivity contribution in [2.24, 2.45) is 0 Å². The maximum absolute atomic E-state index is 13.9. The standard InChI is InChI=1S/C20H19F2N3O2S/c1-25(10-13-4-3-5-15(8-13)27-2)11-19(26)24-20-23-18(12-28-20)16-9-14(21)6-7-17(16)22/h3-9,12H,10-11H2,1-2H3,(H,23,24,26). The number of carbonyl (C=O) groups excluding carboxylic acids is 1. The third kappa shape index (κ3) is 5.11. The second kappa shape index (κ2) is 8.90. The molecule has 2 aromatic carbocycles. The van der Waals surface area contributed by atoms with Gasteiger partial charge in [-0.25, -0.2) is 13.8 Å². The van der Waals surface area contributed by atoms with Gasteiger partial charge in [-0.2, -0.15) is 0 Å². The molecule has 0 aliphatic carbocycles. The van der Waals surface area contributed by atoms with Gasteiger partial charge < -0.3 is 10.1 Å². The van der Waals surface area contributed by atoms with Gasteiger partial charge in [0.2, 0.25) is 5.91 Å². The van der Waals surface area contributed by atoms with Crippen molar-refractivity contribution < 1.29 is 18.3 Å². The molecule has 0 unspecified atom stereocenters. The molecule has 0 aliphatic heterocycles. The van der Waals surface area contributed by atoms with Crippen molar-refractivity contribution in [3.05, 3.63) is 65.0 Å². The summed E-state index contributed by atoms with van der Waals surface area (Å²) in [5.41, 5.74) is 1.36. The normalized spacial score (nSPS) is 10.9. The van der Waals surface area contributed by atoms with Crippen LogP contribution in [0, 0.1) is 11.6 Å². The highest BCUT2D eigenvalue weighted by Gasteiger charge is 2.13. The van der Waals surface area contributed by atoms with Crippen LogP contribution in [0.25, 0.3) is 11.3 Å². The Labute approximate surface area is 165 Å². The molecule has 0 saturated carbocycles. The largest absolute Gasteiger partial charge is 0.497 e. The zero-order chi connectivity index (χ0) is 20.1. The number of benzene rings is 2. The summed E-state index contributed by atoms with van der Waals surface area (Å²) < 4.78 is 32.4. The Morgan fingerprint density at radius 3 is 2.86 bits per heavy atom. The zero-order valence-electron chi connectivity index (χ0n) is 15.4. The van der Waals surface area contributed by atoms with E-state index >= 15 is 0 Å². The monoisotopic (exact) mass is 403 g/mol. The topological polar surface area (TPSA) is 54.5 Å². The molecule has 0 spiro atoms. The molecular weight excluding hydrogens is 384 g/mol. The average Bonchev–Trinajstić information content (AvgIpc) is 3.11. The van der Waals surface area contributed by atoms with E-state index in [4.69, 9.17) is 4.74 Å².